The summed E-state index contributed by atoms with van der Waals surface area (Å²) < 4.78 is 5.08. The van der Waals surface area contributed by atoms with Crippen molar-refractivity contribution in [2.24, 2.45) is 5.10 Å². The van der Waals surface area contributed by atoms with Crippen molar-refractivity contribution < 1.29 is 14.3 Å². The standard InChI is InChI=1S/C16H13Cl2N3O3/c1-24-14-6-5-12(18)8-13(14)20-15(22)16(23)21-19-9-10-3-2-4-11(17)7-10/h2-9H,1H3,(H,20,22)(H,21,23)/b19-9-. The van der Waals surface area contributed by atoms with E-state index in [0.29, 0.717) is 21.4 Å². The van der Waals surface area contributed by atoms with Gasteiger partial charge >= 0.3 is 11.8 Å². The maximum atomic E-state index is 11.9. The number of carbonyl (C=O) groups is 2. The molecule has 0 aliphatic carbocycles. The summed E-state index contributed by atoms with van der Waals surface area (Å²) in [4.78, 5) is 23.6. The van der Waals surface area contributed by atoms with Crippen LogP contribution in [0.5, 0.6) is 5.75 Å². The van der Waals surface area contributed by atoms with Crippen molar-refractivity contribution in [1.29, 1.82) is 0 Å². The number of nitrogens with one attached hydrogen (secondary N) is 2. The molecule has 0 spiro atoms. The van der Waals surface area contributed by atoms with Gasteiger partial charge < -0.3 is 10.1 Å². The van der Waals surface area contributed by atoms with Gasteiger partial charge in [0.05, 0.1) is 19.0 Å². The number of hydrogen-bond donors (Lipinski definition) is 2. The molecule has 6 nitrogen and oxygen atoms in total. The Morgan fingerprint density at radius 3 is 2.54 bits per heavy atom. The molecule has 8 heteroatoms. The number of amides is 2. The van der Waals surface area contributed by atoms with Crippen molar-refractivity contribution >= 4 is 46.9 Å². The van der Waals surface area contributed by atoms with Crippen LogP contribution in [0.2, 0.25) is 10.0 Å². The highest BCUT2D eigenvalue weighted by molar-refractivity contribution is 6.40. The molecule has 0 aliphatic rings. The van der Waals surface area contributed by atoms with Crippen LogP contribution in [0.4, 0.5) is 5.69 Å². The fourth-order valence-electron chi connectivity index (χ4n) is 1.76. The molecule has 0 aliphatic heterocycles. The summed E-state index contributed by atoms with van der Waals surface area (Å²) in [5.74, 6) is -1.46. The zero-order valence-corrected chi connectivity index (χ0v) is 14.1. The molecule has 0 atom stereocenters. The highest BCUT2D eigenvalue weighted by Gasteiger charge is 2.15. The summed E-state index contributed by atoms with van der Waals surface area (Å²) >= 11 is 11.7. The molecule has 0 heterocycles. The van der Waals surface area contributed by atoms with Gasteiger partial charge in [0.25, 0.3) is 0 Å². The topological polar surface area (TPSA) is 79.8 Å². The first-order valence-electron chi connectivity index (χ1n) is 6.73. The van der Waals surface area contributed by atoms with E-state index in [2.05, 4.69) is 15.8 Å². The monoisotopic (exact) mass is 365 g/mol. The van der Waals surface area contributed by atoms with Crippen molar-refractivity contribution in [3.05, 3.63) is 58.1 Å². The number of methoxy groups -OCH3 is 1. The number of ether oxygens (including phenoxy) is 1. The van der Waals surface area contributed by atoms with Gasteiger partial charge in [-0.05, 0) is 35.9 Å². The van der Waals surface area contributed by atoms with Gasteiger partial charge in [-0.1, -0.05) is 35.3 Å². The van der Waals surface area contributed by atoms with E-state index in [4.69, 9.17) is 27.9 Å². The number of anilines is 1. The predicted molar refractivity (Wildman–Crippen MR) is 93.8 cm³/mol. The number of halogens is 2. The molecular formula is C16H13Cl2N3O3. The lowest BCUT2D eigenvalue weighted by Gasteiger charge is -2.09. The molecule has 2 aromatic rings. The minimum Gasteiger partial charge on any atom is -0.495 e. The van der Waals surface area contributed by atoms with E-state index in [-0.39, 0.29) is 5.69 Å². The van der Waals surface area contributed by atoms with Crippen LogP contribution in [0.25, 0.3) is 0 Å². The first-order valence-corrected chi connectivity index (χ1v) is 7.48. The van der Waals surface area contributed by atoms with Crippen LogP contribution in [-0.4, -0.2) is 25.1 Å². The van der Waals surface area contributed by atoms with Crippen molar-refractivity contribution in [3.63, 3.8) is 0 Å². The molecule has 0 saturated carbocycles. The van der Waals surface area contributed by atoms with E-state index in [1.807, 2.05) is 0 Å². The zero-order chi connectivity index (χ0) is 17.5. The minimum atomic E-state index is -0.935. The Bertz CT molecular complexity index is 794. The third-order valence-electron chi connectivity index (χ3n) is 2.84. The lowest BCUT2D eigenvalue weighted by atomic mass is 10.2. The molecule has 0 radical (unpaired) electrons. The Labute approximate surface area is 148 Å². The number of hydrazone groups is 1. The summed E-state index contributed by atoms with van der Waals surface area (Å²) in [6, 6.07) is 11.5. The summed E-state index contributed by atoms with van der Waals surface area (Å²) in [5, 5.41) is 7.04. The van der Waals surface area contributed by atoms with E-state index < -0.39 is 11.8 Å². The molecular weight excluding hydrogens is 353 g/mol. The molecule has 24 heavy (non-hydrogen) atoms. The van der Waals surface area contributed by atoms with Crippen LogP contribution in [0.1, 0.15) is 5.56 Å². The molecule has 2 aromatic carbocycles. The summed E-state index contributed by atoms with van der Waals surface area (Å²) in [6.07, 6.45) is 1.37. The van der Waals surface area contributed by atoms with Crippen LogP contribution in [0.3, 0.4) is 0 Å². The van der Waals surface area contributed by atoms with E-state index >= 15 is 0 Å². The number of carbonyl (C=O) groups excluding carboxylic acids is 2. The molecule has 0 bridgehead atoms. The second kappa shape index (κ2) is 8.33. The van der Waals surface area contributed by atoms with Crippen molar-refractivity contribution in [1.82, 2.24) is 5.43 Å². The predicted octanol–water partition coefficient (Wildman–Crippen LogP) is 3.09. The second-order valence-corrected chi connectivity index (χ2v) is 5.43. The Kier molecular flexibility index (Phi) is 6.17. The highest BCUT2D eigenvalue weighted by Crippen LogP contribution is 2.27. The first kappa shape index (κ1) is 17.8. The van der Waals surface area contributed by atoms with Gasteiger partial charge in [0.2, 0.25) is 0 Å². The van der Waals surface area contributed by atoms with Crippen LogP contribution < -0.4 is 15.5 Å². The SMILES string of the molecule is COc1ccc(Cl)cc1NC(=O)C(=O)N/N=C\c1cccc(Cl)c1. The van der Waals surface area contributed by atoms with Crippen molar-refractivity contribution in [2.75, 3.05) is 12.4 Å². The van der Waals surface area contributed by atoms with Gasteiger partial charge in [0.1, 0.15) is 5.75 Å². The smallest absolute Gasteiger partial charge is 0.329 e. The minimum absolute atomic E-state index is 0.281. The van der Waals surface area contributed by atoms with Gasteiger partial charge in [-0.15, -0.1) is 0 Å². The largest absolute Gasteiger partial charge is 0.495 e. The third kappa shape index (κ3) is 4.97. The van der Waals surface area contributed by atoms with Gasteiger partial charge in [-0.25, -0.2) is 5.43 Å². The zero-order valence-electron chi connectivity index (χ0n) is 12.5. The molecule has 2 N–H and O–H groups in total. The van der Waals surface area contributed by atoms with Crippen LogP contribution in [0.15, 0.2) is 47.6 Å². The van der Waals surface area contributed by atoms with E-state index in [1.165, 1.54) is 19.4 Å². The van der Waals surface area contributed by atoms with Crippen LogP contribution in [0, 0.1) is 0 Å². The molecule has 0 aromatic heterocycles. The maximum absolute atomic E-state index is 11.9. The molecule has 0 unspecified atom stereocenters. The quantitative estimate of drug-likeness (QED) is 0.496. The number of hydrogen-bond acceptors (Lipinski definition) is 4. The van der Waals surface area contributed by atoms with E-state index in [9.17, 15) is 9.59 Å². The van der Waals surface area contributed by atoms with Crippen molar-refractivity contribution in [3.8, 4) is 5.75 Å². The summed E-state index contributed by atoms with van der Waals surface area (Å²) in [6.45, 7) is 0. The average Bonchev–Trinajstić information content (AvgIpc) is 2.55. The first-order chi connectivity index (χ1) is 11.5. The Morgan fingerprint density at radius 1 is 1.08 bits per heavy atom. The number of nitrogens with zero attached hydrogens (tertiary/aromatic N) is 1. The Morgan fingerprint density at radius 2 is 1.83 bits per heavy atom. The summed E-state index contributed by atoms with van der Waals surface area (Å²) in [7, 11) is 1.44. The lowest BCUT2D eigenvalue weighted by molar-refractivity contribution is -0.136. The third-order valence-corrected chi connectivity index (χ3v) is 3.31. The normalized spacial score (nSPS) is 10.5. The van der Waals surface area contributed by atoms with Gasteiger partial charge in [0.15, 0.2) is 0 Å². The Balaban J connectivity index is 1.98. The Hall–Kier alpha value is -2.57. The average molecular weight is 366 g/mol. The lowest BCUT2D eigenvalue weighted by Crippen LogP contribution is -2.32. The second-order valence-electron chi connectivity index (χ2n) is 4.55. The fourth-order valence-corrected chi connectivity index (χ4v) is 2.13. The van der Waals surface area contributed by atoms with Gasteiger partial charge in [-0.2, -0.15) is 5.10 Å². The number of benzene rings is 2. The van der Waals surface area contributed by atoms with E-state index in [1.54, 1.807) is 36.4 Å². The molecule has 0 saturated heterocycles. The summed E-state index contributed by atoms with van der Waals surface area (Å²) in [5.41, 5.74) is 3.09. The van der Waals surface area contributed by atoms with E-state index in [0.717, 1.165) is 0 Å². The molecule has 0 fully saturated rings. The van der Waals surface area contributed by atoms with Gasteiger partial charge in [-0.3, -0.25) is 9.59 Å². The van der Waals surface area contributed by atoms with Crippen molar-refractivity contribution in [2.45, 2.75) is 0 Å². The van der Waals surface area contributed by atoms with Gasteiger partial charge in [0, 0.05) is 10.0 Å². The fraction of sp³-hybridized carbons (Fsp3) is 0.0625. The molecule has 2 rings (SSSR count). The maximum Gasteiger partial charge on any atom is 0.329 e. The highest BCUT2D eigenvalue weighted by atomic mass is 35.5. The van der Waals surface area contributed by atoms with Crippen LogP contribution in [-0.2, 0) is 9.59 Å². The molecule has 124 valence electrons. The number of rotatable bonds is 4. The molecule has 2 amide bonds. The van der Waals surface area contributed by atoms with Crippen LogP contribution >= 0.6 is 23.2 Å².